The number of carbonyl (C=O) groups excluding carboxylic acids is 2. The summed E-state index contributed by atoms with van der Waals surface area (Å²) in [6.45, 7) is 4.96. The lowest BCUT2D eigenvalue weighted by molar-refractivity contribution is -0.192. The largest absolute Gasteiger partial charge is 0.390 e. The van der Waals surface area contributed by atoms with E-state index in [4.69, 9.17) is 0 Å². The van der Waals surface area contributed by atoms with Crippen LogP contribution < -0.4 is 0 Å². The number of rotatable bonds is 1. The van der Waals surface area contributed by atoms with E-state index in [1.807, 2.05) is 13.0 Å². The second-order valence-corrected chi connectivity index (χ2v) is 8.77. The summed E-state index contributed by atoms with van der Waals surface area (Å²) in [5, 5.41) is 10.9. The minimum atomic E-state index is -2.07. The van der Waals surface area contributed by atoms with Crippen LogP contribution in [0.15, 0.2) is 35.5 Å². The number of ketones is 2. The molecule has 2 saturated carbocycles. The first-order valence-corrected chi connectivity index (χ1v) is 9.23. The highest BCUT2D eigenvalue weighted by molar-refractivity contribution is 6.01. The van der Waals surface area contributed by atoms with E-state index < -0.39 is 34.7 Å². The lowest BCUT2D eigenvalue weighted by atomic mass is 9.45. The second kappa shape index (κ2) is 5.22. The molecule has 0 aromatic carbocycles. The third kappa shape index (κ3) is 1.90. The summed E-state index contributed by atoms with van der Waals surface area (Å²) in [4.78, 5) is 23.8. The van der Waals surface area contributed by atoms with Crippen molar-refractivity contribution in [1.29, 1.82) is 0 Å². The van der Waals surface area contributed by atoms with Gasteiger partial charge in [0, 0.05) is 16.7 Å². The zero-order valence-electron chi connectivity index (χ0n) is 15.3. The average molecular weight is 362 g/mol. The molecule has 4 aliphatic carbocycles. The molecule has 7 atom stereocenters. The number of alkyl halides is 2. The molecule has 0 amide bonds. The maximum atomic E-state index is 16.6. The van der Waals surface area contributed by atoms with Crippen LogP contribution in [0.4, 0.5) is 8.78 Å². The third-order valence-electron chi connectivity index (χ3n) is 7.59. The molecule has 5 heteroatoms. The van der Waals surface area contributed by atoms with Gasteiger partial charge in [-0.15, -0.1) is 0 Å². The van der Waals surface area contributed by atoms with Crippen molar-refractivity contribution >= 4 is 11.6 Å². The van der Waals surface area contributed by atoms with Crippen LogP contribution in [0.3, 0.4) is 0 Å². The zero-order chi connectivity index (χ0) is 19.1. The van der Waals surface area contributed by atoms with Crippen LogP contribution in [0.2, 0.25) is 0 Å². The van der Waals surface area contributed by atoms with Crippen molar-refractivity contribution in [3.05, 3.63) is 35.5 Å². The zero-order valence-corrected chi connectivity index (χ0v) is 15.3. The van der Waals surface area contributed by atoms with Gasteiger partial charge in [0.15, 0.2) is 17.2 Å². The van der Waals surface area contributed by atoms with E-state index in [1.165, 1.54) is 25.2 Å². The number of hydrogen-bond donors (Lipinski definition) is 1. The number of allylic oxidation sites excluding steroid dienone is 6. The lowest BCUT2D eigenvalue weighted by Crippen LogP contribution is -2.68. The van der Waals surface area contributed by atoms with E-state index in [0.29, 0.717) is 12.0 Å². The standard InChI is InChI=1S/C21H24F2O3/c1-11(24)13-4-5-14-15-9-17(22)16-8-12(25)6-7-20(16,3)21(15,23)18(26)10-19(13,14)2/h4,6-8,14-15,17-18,26H,5,9-10H2,1-3H3/t14-,15-,17-,18-,19+,20-,21-/m0/s1. The molecular formula is C21H24F2O3. The first-order valence-electron chi connectivity index (χ1n) is 9.23. The van der Waals surface area contributed by atoms with Gasteiger partial charge < -0.3 is 5.11 Å². The van der Waals surface area contributed by atoms with Gasteiger partial charge in [-0.25, -0.2) is 8.78 Å². The molecule has 0 saturated heterocycles. The van der Waals surface area contributed by atoms with Crippen molar-refractivity contribution < 1.29 is 23.5 Å². The SMILES string of the molecule is CC(=O)C1=CC[C@H]2[C@@H]3C[C@H](F)C4=CC(=O)C=C[C@]4(C)[C@@]3(F)[C@@H](O)C[C@]12C. The van der Waals surface area contributed by atoms with E-state index in [-0.39, 0.29) is 35.9 Å². The Bertz CT molecular complexity index is 797. The quantitative estimate of drug-likeness (QED) is 0.778. The summed E-state index contributed by atoms with van der Waals surface area (Å²) < 4.78 is 31.7. The number of halogens is 2. The van der Waals surface area contributed by atoms with Crippen molar-refractivity contribution in [1.82, 2.24) is 0 Å². The fraction of sp³-hybridized carbons (Fsp3) is 0.619. The molecule has 0 unspecified atom stereocenters. The Hall–Kier alpha value is -1.62. The Morgan fingerprint density at radius 3 is 2.65 bits per heavy atom. The minimum Gasteiger partial charge on any atom is -0.390 e. The number of fused-ring (bicyclic) bond motifs is 5. The summed E-state index contributed by atoms with van der Waals surface area (Å²) in [5.74, 6) is -1.38. The molecular weight excluding hydrogens is 338 g/mol. The summed E-state index contributed by atoms with van der Waals surface area (Å²) in [7, 11) is 0. The summed E-state index contributed by atoms with van der Waals surface area (Å²) >= 11 is 0. The Kier molecular flexibility index (Phi) is 3.57. The van der Waals surface area contributed by atoms with Crippen molar-refractivity contribution in [3.8, 4) is 0 Å². The van der Waals surface area contributed by atoms with Gasteiger partial charge in [-0.2, -0.15) is 0 Å². The molecule has 1 N–H and O–H groups in total. The number of carbonyl (C=O) groups is 2. The van der Waals surface area contributed by atoms with E-state index in [9.17, 15) is 14.7 Å². The van der Waals surface area contributed by atoms with Crippen molar-refractivity contribution in [2.45, 2.75) is 58.0 Å². The van der Waals surface area contributed by atoms with Gasteiger partial charge in [0.05, 0.1) is 6.10 Å². The topological polar surface area (TPSA) is 54.4 Å². The molecule has 2 fully saturated rings. The van der Waals surface area contributed by atoms with Crippen LogP contribution in [-0.4, -0.2) is 34.6 Å². The molecule has 3 nitrogen and oxygen atoms in total. The molecule has 4 rings (SSSR count). The predicted octanol–water partition coefficient (Wildman–Crippen LogP) is 3.43. The van der Waals surface area contributed by atoms with Crippen LogP contribution >= 0.6 is 0 Å². The maximum Gasteiger partial charge on any atom is 0.178 e. The highest BCUT2D eigenvalue weighted by atomic mass is 19.1. The molecule has 26 heavy (non-hydrogen) atoms. The molecule has 0 aliphatic heterocycles. The van der Waals surface area contributed by atoms with Gasteiger partial charge in [0.2, 0.25) is 0 Å². The monoisotopic (exact) mass is 362 g/mol. The molecule has 0 bridgehead atoms. The van der Waals surface area contributed by atoms with Crippen LogP contribution in [-0.2, 0) is 9.59 Å². The van der Waals surface area contributed by atoms with Gasteiger partial charge in [0.1, 0.15) is 6.17 Å². The highest BCUT2D eigenvalue weighted by Gasteiger charge is 2.71. The fourth-order valence-electron chi connectivity index (χ4n) is 6.32. The predicted molar refractivity (Wildman–Crippen MR) is 92.8 cm³/mol. The second-order valence-electron chi connectivity index (χ2n) is 8.77. The average Bonchev–Trinajstić information content (AvgIpc) is 2.89. The lowest BCUT2D eigenvalue weighted by Gasteiger charge is -2.62. The van der Waals surface area contributed by atoms with Crippen LogP contribution in [0.1, 0.15) is 40.0 Å². The van der Waals surface area contributed by atoms with E-state index in [2.05, 4.69) is 0 Å². The Morgan fingerprint density at radius 2 is 2.00 bits per heavy atom. The van der Waals surface area contributed by atoms with E-state index >= 15 is 8.78 Å². The van der Waals surface area contributed by atoms with E-state index in [1.54, 1.807) is 6.92 Å². The van der Waals surface area contributed by atoms with Crippen molar-refractivity contribution in [3.63, 3.8) is 0 Å². The first-order chi connectivity index (χ1) is 12.1. The maximum absolute atomic E-state index is 16.6. The minimum absolute atomic E-state index is 0.0730. The van der Waals surface area contributed by atoms with Gasteiger partial charge in [-0.05, 0) is 62.3 Å². The summed E-state index contributed by atoms with van der Waals surface area (Å²) in [6.07, 6.45) is 3.53. The third-order valence-corrected chi connectivity index (χ3v) is 7.59. The molecule has 4 aliphatic rings. The smallest absolute Gasteiger partial charge is 0.178 e. The fourth-order valence-corrected chi connectivity index (χ4v) is 6.32. The highest BCUT2D eigenvalue weighted by Crippen LogP contribution is 2.68. The van der Waals surface area contributed by atoms with Crippen LogP contribution in [0, 0.1) is 22.7 Å². The summed E-state index contributed by atoms with van der Waals surface area (Å²) in [5.41, 5.74) is -3.31. The molecule has 0 spiro atoms. The Balaban J connectivity index is 1.85. The van der Waals surface area contributed by atoms with Crippen molar-refractivity contribution in [2.75, 3.05) is 0 Å². The molecule has 0 heterocycles. The number of hydrogen-bond acceptors (Lipinski definition) is 3. The summed E-state index contributed by atoms with van der Waals surface area (Å²) in [6, 6.07) is 0. The van der Waals surface area contributed by atoms with Gasteiger partial charge in [-0.1, -0.05) is 19.1 Å². The van der Waals surface area contributed by atoms with Gasteiger partial charge in [-0.3, -0.25) is 9.59 Å². The first kappa shape index (κ1) is 17.8. The van der Waals surface area contributed by atoms with Crippen LogP contribution in [0.25, 0.3) is 0 Å². The van der Waals surface area contributed by atoms with Gasteiger partial charge in [0.25, 0.3) is 0 Å². The number of Topliss-reactive ketones (excluding diaryl/α,β-unsaturated/α-hetero) is 1. The van der Waals surface area contributed by atoms with Gasteiger partial charge >= 0.3 is 0 Å². The Labute approximate surface area is 151 Å². The molecule has 140 valence electrons. The Morgan fingerprint density at radius 1 is 1.31 bits per heavy atom. The molecule has 0 aromatic heterocycles. The van der Waals surface area contributed by atoms with Crippen LogP contribution in [0.5, 0.6) is 0 Å². The normalized spacial score (nSPS) is 49.7. The number of aliphatic hydroxyl groups is 1. The van der Waals surface area contributed by atoms with Crippen molar-refractivity contribution in [2.24, 2.45) is 22.7 Å². The molecule has 0 radical (unpaired) electrons. The number of aliphatic hydroxyl groups excluding tert-OH is 1. The molecule has 0 aromatic rings. The van der Waals surface area contributed by atoms with E-state index in [0.717, 1.165) is 0 Å².